The molecule has 2 heterocycles. The van der Waals surface area contributed by atoms with E-state index in [0.717, 1.165) is 25.3 Å². The lowest BCUT2D eigenvalue weighted by Gasteiger charge is -2.35. The second-order valence-electron chi connectivity index (χ2n) is 10.7. The second-order valence-corrected chi connectivity index (χ2v) is 12.7. The van der Waals surface area contributed by atoms with Gasteiger partial charge in [0.1, 0.15) is 5.75 Å². The van der Waals surface area contributed by atoms with Crippen LogP contribution in [0.25, 0.3) is 0 Å². The van der Waals surface area contributed by atoms with E-state index in [-0.39, 0.29) is 23.3 Å². The van der Waals surface area contributed by atoms with Gasteiger partial charge in [0.15, 0.2) is 5.78 Å². The predicted molar refractivity (Wildman–Crippen MR) is 147 cm³/mol. The van der Waals surface area contributed by atoms with Crippen LogP contribution in [0.15, 0.2) is 53.4 Å². The number of nitrogens with zero attached hydrogens (tertiary/aromatic N) is 2. The number of carbonyl (C=O) groups is 1. The van der Waals surface area contributed by atoms with Gasteiger partial charge in [-0.3, -0.25) is 9.69 Å². The largest absolute Gasteiger partial charge is 0.497 e. The Morgan fingerprint density at radius 3 is 2.35 bits per heavy atom. The van der Waals surface area contributed by atoms with Crippen molar-refractivity contribution in [3.05, 3.63) is 59.7 Å². The average molecular weight is 528 g/mol. The minimum absolute atomic E-state index is 0.107. The van der Waals surface area contributed by atoms with Crippen LogP contribution in [0.4, 0.5) is 0 Å². The Bertz CT molecular complexity index is 1140. The number of ketones is 1. The van der Waals surface area contributed by atoms with Crippen LogP contribution in [-0.4, -0.2) is 69.8 Å². The Morgan fingerprint density at radius 2 is 1.70 bits per heavy atom. The maximum absolute atomic E-state index is 13.3. The molecule has 3 unspecified atom stereocenters. The number of sulfonamides is 1. The number of methoxy groups -OCH3 is 1. The summed E-state index contributed by atoms with van der Waals surface area (Å²) in [7, 11) is -1.97. The Hall–Kier alpha value is -2.26. The van der Waals surface area contributed by atoms with E-state index in [1.54, 1.807) is 29.6 Å². The smallest absolute Gasteiger partial charge is 0.243 e. The van der Waals surface area contributed by atoms with Gasteiger partial charge in [0.2, 0.25) is 10.0 Å². The molecule has 2 aliphatic heterocycles. The van der Waals surface area contributed by atoms with Gasteiger partial charge in [-0.1, -0.05) is 44.5 Å². The zero-order valence-electron chi connectivity index (χ0n) is 22.4. The molecule has 0 aliphatic carbocycles. The summed E-state index contributed by atoms with van der Waals surface area (Å²) < 4.78 is 33.5. The van der Waals surface area contributed by atoms with Crippen molar-refractivity contribution in [2.24, 2.45) is 11.8 Å². The predicted octanol–water partition coefficient (Wildman–Crippen LogP) is 4.36. The fourth-order valence-electron chi connectivity index (χ4n) is 5.72. The van der Waals surface area contributed by atoms with E-state index < -0.39 is 10.0 Å². The summed E-state index contributed by atoms with van der Waals surface area (Å²) in [5.74, 6) is 1.37. The molecule has 7 nitrogen and oxygen atoms in total. The summed E-state index contributed by atoms with van der Waals surface area (Å²) in [6.45, 7) is 8.10. The van der Waals surface area contributed by atoms with E-state index in [2.05, 4.69) is 36.2 Å². The molecule has 2 aliphatic rings. The highest BCUT2D eigenvalue weighted by Gasteiger charge is 2.32. The number of hydrogen-bond acceptors (Lipinski definition) is 6. The molecule has 2 saturated heterocycles. The zero-order valence-corrected chi connectivity index (χ0v) is 23.2. The third-order valence-corrected chi connectivity index (χ3v) is 9.41. The van der Waals surface area contributed by atoms with Crippen molar-refractivity contribution in [1.29, 1.82) is 0 Å². The van der Waals surface area contributed by atoms with Gasteiger partial charge in [0, 0.05) is 31.2 Å². The quantitative estimate of drug-likeness (QED) is 0.463. The van der Waals surface area contributed by atoms with Crippen molar-refractivity contribution >= 4 is 15.8 Å². The van der Waals surface area contributed by atoms with E-state index >= 15 is 0 Å². The molecule has 0 saturated carbocycles. The SMILES string of the molecule is COc1ccc(C(CNCC(=O)c2cccc(S(=O)(=O)N3CC(C)CC(C)C3)c2)N2CCCCC2)cc1. The molecule has 0 bridgehead atoms. The van der Waals surface area contributed by atoms with Gasteiger partial charge in [-0.2, -0.15) is 4.31 Å². The van der Waals surface area contributed by atoms with Crippen molar-refractivity contribution in [2.75, 3.05) is 46.4 Å². The number of Topliss-reactive ketones (excluding diaryl/α,β-unsaturated/α-hetero) is 1. The van der Waals surface area contributed by atoms with Crippen LogP contribution < -0.4 is 10.1 Å². The number of likely N-dealkylation sites (tertiary alicyclic amines) is 1. The molecule has 3 atom stereocenters. The number of carbonyl (C=O) groups excluding carboxylic acids is 1. The zero-order chi connectivity index (χ0) is 26.4. The van der Waals surface area contributed by atoms with Crippen molar-refractivity contribution in [2.45, 2.75) is 50.5 Å². The standard InChI is InChI=1S/C29H41N3O4S/c1-22-16-23(2)21-32(20-22)37(34,35)27-9-7-8-25(17-27)29(33)19-30-18-28(31-14-5-4-6-15-31)24-10-12-26(36-3)13-11-24/h7-13,17,22-23,28,30H,4-6,14-16,18-21H2,1-3H3. The molecule has 0 amide bonds. The lowest BCUT2D eigenvalue weighted by Crippen LogP contribution is -2.42. The number of benzene rings is 2. The molecular weight excluding hydrogens is 486 g/mol. The van der Waals surface area contributed by atoms with Gasteiger partial charge in [-0.25, -0.2) is 8.42 Å². The lowest BCUT2D eigenvalue weighted by atomic mass is 9.94. The number of hydrogen-bond donors (Lipinski definition) is 1. The van der Waals surface area contributed by atoms with Crippen molar-refractivity contribution in [3.63, 3.8) is 0 Å². The highest BCUT2D eigenvalue weighted by atomic mass is 32.2. The summed E-state index contributed by atoms with van der Waals surface area (Å²) in [6.07, 6.45) is 4.65. The van der Waals surface area contributed by atoms with Crippen LogP contribution in [0.2, 0.25) is 0 Å². The molecule has 0 aromatic heterocycles. The maximum Gasteiger partial charge on any atom is 0.243 e. The first kappa shape index (κ1) is 27.8. The first-order chi connectivity index (χ1) is 17.8. The number of rotatable bonds is 10. The molecular formula is C29H41N3O4S. The Labute approximate surface area is 222 Å². The summed E-state index contributed by atoms with van der Waals surface area (Å²) in [5.41, 5.74) is 1.62. The fraction of sp³-hybridized carbons (Fsp3) is 0.552. The Morgan fingerprint density at radius 1 is 1.03 bits per heavy atom. The summed E-state index contributed by atoms with van der Waals surface area (Å²) in [6, 6.07) is 14.8. The van der Waals surface area contributed by atoms with Gasteiger partial charge >= 0.3 is 0 Å². The lowest BCUT2D eigenvalue weighted by molar-refractivity contribution is 0.0983. The van der Waals surface area contributed by atoms with E-state index in [1.165, 1.54) is 30.9 Å². The number of nitrogens with one attached hydrogen (secondary N) is 1. The van der Waals surface area contributed by atoms with Crippen molar-refractivity contribution < 1.29 is 17.9 Å². The van der Waals surface area contributed by atoms with Crippen LogP contribution in [0.5, 0.6) is 5.75 Å². The van der Waals surface area contributed by atoms with Crippen LogP contribution in [-0.2, 0) is 10.0 Å². The summed E-state index contributed by atoms with van der Waals surface area (Å²) in [4.78, 5) is 15.8. The molecule has 1 N–H and O–H groups in total. The van der Waals surface area contributed by atoms with E-state index in [4.69, 9.17) is 4.74 Å². The molecule has 4 rings (SSSR count). The van der Waals surface area contributed by atoms with Gasteiger partial charge in [-0.05, 0) is 74.0 Å². The fourth-order valence-corrected chi connectivity index (χ4v) is 7.45. The summed E-state index contributed by atoms with van der Waals surface area (Å²) >= 11 is 0. The number of ether oxygens (including phenoxy) is 1. The van der Waals surface area contributed by atoms with Crippen molar-refractivity contribution in [1.82, 2.24) is 14.5 Å². The minimum Gasteiger partial charge on any atom is -0.497 e. The van der Waals surface area contributed by atoms with Crippen LogP contribution in [0, 0.1) is 11.8 Å². The minimum atomic E-state index is -3.63. The van der Waals surface area contributed by atoms with Crippen LogP contribution in [0.1, 0.15) is 61.5 Å². The highest BCUT2D eigenvalue weighted by molar-refractivity contribution is 7.89. The molecule has 8 heteroatoms. The number of piperidine rings is 2. The molecule has 202 valence electrons. The molecule has 0 radical (unpaired) electrons. The van der Waals surface area contributed by atoms with Crippen LogP contribution >= 0.6 is 0 Å². The maximum atomic E-state index is 13.3. The van der Waals surface area contributed by atoms with Crippen LogP contribution in [0.3, 0.4) is 0 Å². The third kappa shape index (κ3) is 6.99. The molecule has 2 aromatic rings. The second kappa shape index (κ2) is 12.5. The van der Waals surface area contributed by atoms with Gasteiger partial charge in [0.25, 0.3) is 0 Å². The summed E-state index contributed by atoms with van der Waals surface area (Å²) in [5, 5.41) is 3.36. The molecule has 37 heavy (non-hydrogen) atoms. The first-order valence-corrected chi connectivity index (χ1v) is 14.9. The van der Waals surface area contributed by atoms with Gasteiger partial charge < -0.3 is 10.1 Å². The Kier molecular flexibility index (Phi) is 9.40. The van der Waals surface area contributed by atoms with Gasteiger partial charge in [-0.15, -0.1) is 0 Å². The van der Waals surface area contributed by atoms with E-state index in [1.807, 2.05) is 12.1 Å². The molecule has 2 aromatic carbocycles. The first-order valence-electron chi connectivity index (χ1n) is 13.5. The van der Waals surface area contributed by atoms with E-state index in [9.17, 15) is 13.2 Å². The topological polar surface area (TPSA) is 78.9 Å². The molecule has 2 fully saturated rings. The molecule has 0 spiro atoms. The average Bonchev–Trinajstić information content (AvgIpc) is 2.91. The monoisotopic (exact) mass is 527 g/mol. The Balaban J connectivity index is 1.42. The highest BCUT2D eigenvalue weighted by Crippen LogP contribution is 2.28. The third-order valence-electron chi connectivity index (χ3n) is 7.58. The van der Waals surface area contributed by atoms with E-state index in [0.29, 0.717) is 37.0 Å². The van der Waals surface area contributed by atoms with Crippen molar-refractivity contribution in [3.8, 4) is 5.75 Å². The van der Waals surface area contributed by atoms with Gasteiger partial charge in [0.05, 0.1) is 18.6 Å². The normalized spacial score (nSPS) is 22.5.